The van der Waals surface area contributed by atoms with Crippen LogP contribution in [-0.4, -0.2) is 27.9 Å². The van der Waals surface area contributed by atoms with Crippen LogP contribution in [0.2, 0.25) is 0 Å². The van der Waals surface area contributed by atoms with E-state index in [4.69, 9.17) is 10.2 Å². The Kier molecular flexibility index (Phi) is 4.17. The minimum absolute atomic E-state index is 0.216. The van der Waals surface area contributed by atoms with Crippen LogP contribution in [-0.2, 0) is 9.59 Å². The summed E-state index contributed by atoms with van der Waals surface area (Å²) >= 11 is 0.892. The fourth-order valence-electron chi connectivity index (χ4n) is 1.09. The third-order valence-electron chi connectivity index (χ3n) is 1.70. The number of rotatable bonds is 5. The monoisotopic (exact) mass is 226 g/mol. The number of aliphatic carboxylic acids is 2. The molecule has 15 heavy (non-hydrogen) atoms. The van der Waals surface area contributed by atoms with Crippen LogP contribution in [0.3, 0.4) is 0 Å². The van der Waals surface area contributed by atoms with Crippen molar-refractivity contribution in [2.24, 2.45) is 0 Å². The molecule has 0 saturated carbocycles. The summed E-state index contributed by atoms with van der Waals surface area (Å²) < 4.78 is 0. The van der Waals surface area contributed by atoms with Gasteiger partial charge in [-0.3, -0.25) is 9.59 Å². The lowest BCUT2D eigenvalue weighted by Gasteiger charge is -2.10. The summed E-state index contributed by atoms with van der Waals surface area (Å²) in [6.45, 7) is 0. The minimum Gasteiger partial charge on any atom is -0.481 e. The zero-order chi connectivity index (χ0) is 11.3. The van der Waals surface area contributed by atoms with Gasteiger partial charge in [0.05, 0.1) is 5.75 Å². The molecular weight excluding hydrogens is 216 g/mol. The van der Waals surface area contributed by atoms with E-state index in [1.807, 2.05) is 0 Å². The van der Waals surface area contributed by atoms with Gasteiger partial charge in [-0.25, -0.2) is 0 Å². The van der Waals surface area contributed by atoms with Crippen LogP contribution in [0.15, 0.2) is 30.3 Å². The average Bonchev–Trinajstić information content (AvgIpc) is 2.18. The summed E-state index contributed by atoms with van der Waals surface area (Å²) in [5, 5.41) is 16.6. The first-order chi connectivity index (χ1) is 7.11. The summed E-state index contributed by atoms with van der Waals surface area (Å²) in [6.07, 6.45) is 0. The second-order valence-electron chi connectivity index (χ2n) is 2.83. The van der Waals surface area contributed by atoms with Crippen LogP contribution in [0, 0.1) is 0 Å². The molecule has 4 nitrogen and oxygen atoms in total. The van der Waals surface area contributed by atoms with Gasteiger partial charge in [-0.05, 0) is 5.56 Å². The van der Waals surface area contributed by atoms with Gasteiger partial charge in [0, 0.05) is 0 Å². The lowest BCUT2D eigenvalue weighted by atomic mass is 10.1. The third kappa shape index (κ3) is 3.63. The van der Waals surface area contributed by atoms with Gasteiger partial charge in [-0.2, -0.15) is 0 Å². The smallest absolute Gasteiger partial charge is 0.321 e. The highest BCUT2D eigenvalue weighted by atomic mass is 32.2. The van der Waals surface area contributed by atoms with Crippen LogP contribution in [0.4, 0.5) is 0 Å². The van der Waals surface area contributed by atoms with E-state index in [9.17, 15) is 9.59 Å². The Hall–Kier alpha value is -1.49. The molecule has 0 aliphatic rings. The fourth-order valence-corrected chi connectivity index (χ4v) is 1.89. The van der Waals surface area contributed by atoms with Gasteiger partial charge in [-0.1, -0.05) is 30.3 Å². The first-order valence-electron chi connectivity index (χ1n) is 4.22. The van der Waals surface area contributed by atoms with E-state index in [1.54, 1.807) is 30.3 Å². The number of hydrogen-bond acceptors (Lipinski definition) is 3. The number of hydrogen-bond donors (Lipinski definition) is 2. The van der Waals surface area contributed by atoms with E-state index in [0.717, 1.165) is 11.8 Å². The molecule has 1 unspecified atom stereocenters. The summed E-state index contributed by atoms with van der Waals surface area (Å²) in [7, 11) is 0. The van der Waals surface area contributed by atoms with Crippen molar-refractivity contribution in [3.8, 4) is 0 Å². The van der Waals surface area contributed by atoms with E-state index in [-0.39, 0.29) is 5.75 Å². The van der Waals surface area contributed by atoms with Gasteiger partial charge in [-0.15, -0.1) is 11.8 Å². The summed E-state index contributed by atoms with van der Waals surface area (Å²) in [5.74, 6) is -2.25. The Bertz CT molecular complexity index is 350. The standard InChI is InChI=1S/C10H10O4S/c11-8(12)6-15-9(10(13)14)7-4-2-1-3-5-7/h1-5,9H,6H2,(H,11,12)(H,13,14). The van der Waals surface area contributed by atoms with Crippen LogP contribution in [0.25, 0.3) is 0 Å². The van der Waals surface area contributed by atoms with Crippen molar-refractivity contribution in [2.45, 2.75) is 5.25 Å². The first-order valence-corrected chi connectivity index (χ1v) is 5.27. The highest BCUT2D eigenvalue weighted by Gasteiger charge is 2.20. The normalized spacial score (nSPS) is 12.0. The fraction of sp³-hybridized carbons (Fsp3) is 0.200. The van der Waals surface area contributed by atoms with Gasteiger partial charge in [0.25, 0.3) is 0 Å². The van der Waals surface area contributed by atoms with Crippen molar-refractivity contribution < 1.29 is 19.8 Å². The van der Waals surface area contributed by atoms with Gasteiger partial charge < -0.3 is 10.2 Å². The van der Waals surface area contributed by atoms with Crippen LogP contribution >= 0.6 is 11.8 Å². The number of carbonyl (C=O) groups is 2. The third-order valence-corrected chi connectivity index (χ3v) is 2.92. The van der Waals surface area contributed by atoms with Crippen LogP contribution in [0.1, 0.15) is 10.8 Å². The highest BCUT2D eigenvalue weighted by molar-refractivity contribution is 8.00. The SMILES string of the molecule is O=C(O)CSC(C(=O)O)c1ccccc1. The molecule has 1 aromatic carbocycles. The molecule has 1 rings (SSSR count). The number of carboxylic acids is 2. The Morgan fingerprint density at radius 1 is 1.20 bits per heavy atom. The number of benzene rings is 1. The second kappa shape index (κ2) is 5.41. The summed E-state index contributed by atoms with van der Waals surface area (Å²) in [5.41, 5.74) is 0.608. The summed E-state index contributed by atoms with van der Waals surface area (Å²) in [4.78, 5) is 21.2. The van der Waals surface area contributed by atoms with Crippen molar-refractivity contribution in [1.82, 2.24) is 0 Å². The molecule has 0 spiro atoms. The van der Waals surface area contributed by atoms with E-state index < -0.39 is 17.2 Å². The topological polar surface area (TPSA) is 74.6 Å². The molecule has 0 aliphatic heterocycles. The zero-order valence-electron chi connectivity index (χ0n) is 7.79. The number of carboxylic acid groups (broad SMARTS) is 2. The van der Waals surface area contributed by atoms with Crippen molar-refractivity contribution in [1.29, 1.82) is 0 Å². The molecule has 0 aliphatic carbocycles. The Morgan fingerprint density at radius 2 is 1.80 bits per heavy atom. The van der Waals surface area contributed by atoms with E-state index in [1.165, 1.54) is 0 Å². The van der Waals surface area contributed by atoms with Crippen molar-refractivity contribution in [3.63, 3.8) is 0 Å². The Morgan fingerprint density at radius 3 is 2.27 bits per heavy atom. The van der Waals surface area contributed by atoms with E-state index >= 15 is 0 Å². The predicted molar refractivity (Wildman–Crippen MR) is 56.9 cm³/mol. The average molecular weight is 226 g/mol. The van der Waals surface area contributed by atoms with E-state index in [2.05, 4.69) is 0 Å². The van der Waals surface area contributed by atoms with Gasteiger partial charge >= 0.3 is 11.9 Å². The van der Waals surface area contributed by atoms with Crippen LogP contribution < -0.4 is 0 Å². The molecule has 1 atom stereocenters. The molecule has 0 fully saturated rings. The second-order valence-corrected chi connectivity index (χ2v) is 3.93. The molecule has 5 heteroatoms. The van der Waals surface area contributed by atoms with Crippen LogP contribution in [0.5, 0.6) is 0 Å². The van der Waals surface area contributed by atoms with Gasteiger partial charge in [0.15, 0.2) is 0 Å². The number of thioether (sulfide) groups is 1. The highest BCUT2D eigenvalue weighted by Crippen LogP contribution is 2.28. The molecule has 2 N–H and O–H groups in total. The Labute approximate surface area is 90.9 Å². The minimum atomic E-state index is -1.02. The molecule has 80 valence electrons. The predicted octanol–water partition coefficient (Wildman–Crippen LogP) is 1.63. The Balaban J connectivity index is 2.75. The molecule has 0 bridgehead atoms. The maximum atomic E-state index is 10.9. The largest absolute Gasteiger partial charge is 0.481 e. The molecule has 0 amide bonds. The van der Waals surface area contributed by atoms with Gasteiger partial charge in [0.1, 0.15) is 5.25 Å². The van der Waals surface area contributed by atoms with Crippen molar-refractivity contribution in [2.75, 3.05) is 5.75 Å². The molecular formula is C10H10O4S. The maximum absolute atomic E-state index is 10.9. The molecule has 0 saturated heterocycles. The molecule has 1 aromatic rings. The lowest BCUT2D eigenvalue weighted by molar-refractivity contribution is -0.136. The van der Waals surface area contributed by atoms with Crippen molar-refractivity contribution >= 4 is 23.7 Å². The molecule has 0 radical (unpaired) electrons. The summed E-state index contributed by atoms with van der Waals surface area (Å²) in [6, 6.07) is 8.59. The quantitative estimate of drug-likeness (QED) is 0.798. The molecule has 0 aromatic heterocycles. The lowest BCUT2D eigenvalue weighted by Crippen LogP contribution is -2.11. The van der Waals surface area contributed by atoms with Gasteiger partial charge in [0.2, 0.25) is 0 Å². The van der Waals surface area contributed by atoms with Crippen molar-refractivity contribution in [3.05, 3.63) is 35.9 Å². The zero-order valence-corrected chi connectivity index (χ0v) is 8.61. The van der Waals surface area contributed by atoms with E-state index in [0.29, 0.717) is 5.56 Å². The molecule has 0 heterocycles. The maximum Gasteiger partial charge on any atom is 0.321 e. The first kappa shape index (κ1) is 11.6.